The summed E-state index contributed by atoms with van der Waals surface area (Å²) in [6, 6.07) is 2.29. The minimum Gasteiger partial charge on any atom is -0.416 e. The van der Waals surface area contributed by atoms with E-state index in [0.29, 0.717) is 0 Å². The average Bonchev–Trinajstić information content (AvgIpc) is 2.90. The number of hydrogen-bond acceptors (Lipinski definition) is 5. The molecule has 2 rings (SSSR count). The topological polar surface area (TPSA) is 62.6 Å². The van der Waals surface area contributed by atoms with Gasteiger partial charge in [0.1, 0.15) is 20.8 Å². The minimum atomic E-state index is -3.76. The first kappa shape index (κ1) is 27.2. The largest absolute Gasteiger partial charge is 0.416 e. The van der Waals surface area contributed by atoms with E-state index in [1.807, 2.05) is 0 Å². The Morgan fingerprint density at radius 2 is 1.75 bits per heavy atom. The molecule has 0 atom stereocenters. The van der Waals surface area contributed by atoms with Gasteiger partial charge in [-0.1, -0.05) is 23.2 Å². The van der Waals surface area contributed by atoms with Crippen molar-refractivity contribution in [2.45, 2.75) is 46.5 Å². The van der Waals surface area contributed by atoms with Gasteiger partial charge in [-0.05, 0) is 67.4 Å². The van der Waals surface area contributed by atoms with Crippen LogP contribution >= 0.6 is 46.7 Å². The lowest BCUT2D eigenvalue weighted by Gasteiger charge is -2.22. The van der Waals surface area contributed by atoms with Gasteiger partial charge in [0, 0.05) is 12.6 Å². The lowest BCUT2D eigenvalue weighted by Crippen LogP contribution is -2.07. The number of ether oxygens (including phenoxy) is 1. The smallest absolute Gasteiger partial charge is 0.388 e. The van der Waals surface area contributed by atoms with Crippen LogP contribution in [0, 0.1) is 5.82 Å². The monoisotopic (exact) mass is 578 g/mol. The number of hydrogen-bond donors (Lipinski definition) is 0. The molecule has 0 bridgehead atoms. The highest BCUT2D eigenvalue weighted by atomic mass is 79.9. The SMILES string of the molecule is CC(C)OP(=O)(OC(C)C)/C(Br)=C/c1cc(-c2nn(C)c(OC(F)F)c2Cl)c(F)cc1Cl. The Morgan fingerprint density at radius 1 is 1.19 bits per heavy atom. The third-order valence-electron chi connectivity index (χ3n) is 3.72. The van der Waals surface area contributed by atoms with E-state index in [-0.39, 0.29) is 31.1 Å². The molecule has 0 radical (unpaired) electrons. The van der Waals surface area contributed by atoms with Gasteiger partial charge in [0.25, 0.3) is 0 Å². The van der Waals surface area contributed by atoms with E-state index >= 15 is 0 Å². The van der Waals surface area contributed by atoms with E-state index in [4.69, 9.17) is 32.2 Å². The molecule has 0 aliphatic carbocycles. The van der Waals surface area contributed by atoms with Gasteiger partial charge in [0.05, 0.1) is 17.2 Å². The Kier molecular flexibility index (Phi) is 9.30. The Labute approximate surface area is 202 Å². The highest BCUT2D eigenvalue weighted by Gasteiger charge is 2.32. The van der Waals surface area contributed by atoms with Gasteiger partial charge in [-0.25, -0.2) is 9.07 Å². The van der Waals surface area contributed by atoms with Gasteiger partial charge >= 0.3 is 14.2 Å². The molecule has 0 amide bonds. The molecule has 1 aromatic heterocycles. The maximum Gasteiger partial charge on any atom is 0.388 e. The van der Waals surface area contributed by atoms with Gasteiger partial charge in [0.2, 0.25) is 5.88 Å². The first-order valence-electron chi connectivity index (χ1n) is 9.26. The Hall–Kier alpha value is -1.03. The van der Waals surface area contributed by atoms with Gasteiger partial charge < -0.3 is 13.8 Å². The second-order valence-electron chi connectivity index (χ2n) is 7.10. The maximum absolute atomic E-state index is 14.7. The molecule has 178 valence electrons. The molecular formula is C19H21BrCl2F3N2O4P. The molecule has 0 saturated heterocycles. The second kappa shape index (κ2) is 10.9. The van der Waals surface area contributed by atoms with E-state index < -0.39 is 38.1 Å². The van der Waals surface area contributed by atoms with Gasteiger partial charge in [0.15, 0.2) is 0 Å². The van der Waals surface area contributed by atoms with Crippen molar-refractivity contribution in [3.05, 3.63) is 37.8 Å². The summed E-state index contributed by atoms with van der Waals surface area (Å²) in [6.45, 7) is 3.64. The van der Waals surface area contributed by atoms with E-state index in [2.05, 4.69) is 25.8 Å². The van der Waals surface area contributed by atoms with Crippen molar-refractivity contribution in [2.24, 2.45) is 7.05 Å². The summed E-state index contributed by atoms with van der Waals surface area (Å²) < 4.78 is 69.7. The number of benzene rings is 1. The lowest BCUT2D eigenvalue weighted by molar-refractivity contribution is -0.0552. The third kappa shape index (κ3) is 6.52. The first-order valence-corrected chi connectivity index (χ1v) is 12.4. The summed E-state index contributed by atoms with van der Waals surface area (Å²) in [5.74, 6) is -1.23. The Balaban J connectivity index is 2.59. The predicted molar refractivity (Wildman–Crippen MR) is 122 cm³/mol. The van der Waals surface area contributed by atoms with Crippen LogP contribution in [0.2, 0.25) is 10.0 Å². The summed E-state index contributed by atoms with van der Waals surface area (Å²) in [5.41, 5.74) is -0.0345. The van der Waals surface area contributed by atoms with Crippen molar-refractivity contribution < 1.29 is 31.5 Å². The van der Waals surface area contributed by atoms with Crippen LogP contribution in [0.3, 0.4) is 0 Å². The van der Waals surface area contributed by atoms with Crippen molar-refractivity contribution in [1.29, 1.82) is 0 Å². The fourth-order valence-corrected chi connectivity index (χ4v) is 5.53. The number of aromatic nitrogens is 2. The molecule has 13 heteroatoms. The molecule has 0 saturated carbocycles. The highest BCUT2D eigenvalue weighted by molar-refractivity contribution is 9.13. The number of alkyl halides is 2. The van der Waals surface area contributed by atoms with E-state index in [9.17, 15) is 17.7 Å². The summed E-state index contributed by atoms with van der Waals surface area (Å²) in [4.78, 5) is 0. The molecular weight excluding hydrogens is 559 g/mol. The van der Waals surface area contributed by atoms with Crippen molar-refractivity contribution in [2.75, 3.05) is 0 Å². The van der Waals surface area contributed by atoms with Gasteiger partial charge in [-0.2, -0.15) is 13.9 Å². The fraction of sp³-hybridized carbons (Fsp3) is 0.421. The Morgan fingerprint density at radius 3 is 2.25 bits per heavy atom. The van der Waals surface area contributed by atoms with Crippen LogP contribution in [0.5, 0.6) is 5.88 Å². The zero-order valence-electron chi connectivity index (χ0n) is 17.7. The highest BCUT2D eigenvalue weighted by Crippen LogP contribution is 2.61. The van der Waals surface area contributed by atoms with Crippen LogP contribution < -0.4 is 4.74 Å². The summed E-state index contributed by atoms with van der Waals surface area (Å²) in [7, 11) is -2.44. The quantitative estimate of drug-likeness (QED) is 0.283. The van der Waals surface area contributed by atoms with Crippen LogP contribution in [0.15, 0.2) is 16.4 Å². The van der Waals surface area contributed by atoms with E-state index in [1.54, 1.807) is 27.7 Å². The van der Waals surface area contributed by atoms with Crippen LogP contribution in [0.4, 0.5) is 13.2 Å². The first-order chi connectivity index (χ1) is 14.7. The van der Waals surface area contributed by atoms with Crippen molar-refractivity contribution in [1.82, 2.24) is 9.78 Å². The van der Waals surface area contributed by atoms with Crippen molar-refractivity contribution >= 4 is 52.8 Å². The fourth-order valence-electron chi connectivity index (χ4n) is 2.61. The molecule has 1 aromatic carbocycles. The zero-order chi connectivity index (χ0) is 24.4. The molecule has 32 heavy (non-hydrogen) atoms. The van der Waals surface area contributed by atoms with Gasteiger partial charge in [-0.3, -0.25) is 4.57 Å². The summed E-state index contributed by atoms with van der Waals surface area (Å²) >= 11 is 15.5. The van der Waals surface area contributed by atoms with E-state index in [1.165, 1.54) is 19.2 Å². The molecule has 1 heterocycles. The molecule has 0 aliphatic rings. The average molecular weight is 580 g/mol. The van der Waals surface area contributed by atoms with E-state index in [0.717, 1.165) is 10.7 Å². The number of rotatable bonds is 9. The van der Waals surface area contributed by atoms with Gasteiger partial charge in [-0.15, -0.1) is 0 Å². The molecule has 6 nitrogen and oxygen atoms in total. The standard InChI is InChI=1S/C19H21BrCl2F3N2O4P/c1-9(2)30-32(28,31-10(3)4)15(20)7-11-6-12(14(23)8-13(11)21)17-16(22)18(27(5)26-17)29-19(24)25/h6-10,19H,1-5H3/b15-7+. The lowest BCUT2D eigenvalue weighted by atomic mass is 10.1. The summed E-state index contributed by atoms with van der Waals surface area (Å²) in [5, 5.41) is 3.66. The molecule has 0 spiro atoms. The number of aryl methyl sites for hydroxylation is 1. The van der Waals surface area contributed by atoms with Crippen LogP contribution in [-0.4, -0.2) is 28.6 Å². The normalized spacial score (nSPS) is 13.0. The molecule has 0 fully saturated rings. The molecule has 0 unspecified atom stereocenters. The minimum absolute atomic E-state index is 0.0139. The summed E-state index contributed by atoms with van der Waals surface area (Å²) in [6.07, 6.45) is 0.533. The van der Waals surface area contributed by atoms with Crippen LogP contribution in [0.25, 0.3) is 17.3 Å². The maximum atomic E-state index is 14.7. The van der Waals surface area contributed by atoms with Crippen LogP contribution in [0.1, 0.15) is 33.3 Å². The van der Waals surface area contributed by atoms with Crippen LogP contribution in [-0.2, 0) is 20.7 Å². The molecule has 2 aromatic rings. The van der Waals surface area contributed by atoms with Crippen molar-refractivity contribution in [3.63, 3.8) is 0 Å². The number of halogens is 6. The Bertz CT molecular complexity index is 1050. The number of nitrogens with zero attached hydrogens (tertiary/aromatic N) is 2. The zero-order valence-corrected chi connectivity index (χ0v) is 21.7. The molecule has 0 aliphatic heterocycles. The molecule has 0 N–H and O–H groups in total. The third-order valence-corrected chi connectivity index (χ3v) is 7.97. The second-order valence-corrected chi connectivity index (χ2v) is 11.2. The predicted octanol–water partition coefficient (Wildman–Crippen LogP) is 7.87. The van der Waals surface area contributed by atoms with Crippen molar-refractivity contribution in [3.8, 4) is 17.1 Å².